The summed E-state index contributed by atoms with van der Waals surface area (Å²) in [6, 6.07) is 10.9. The lowest BCUT2D eigenvalue weighted by molar-refractivity contribution is -0.128. The molecule has 3 rings (SSSR count). The predicted octanol–water partition coefficient (Wildman–Crippen LogP) is 2.66. The Morgan fingerprint density at radius 1 is 1.21 bits per heavy atom. The number of aromatic nitrogens is 2. The molecule has 1 aromatic heterocycles. The highest BCUT2D eigenvalue weighted by Crippen LogP contribution is 2.25. The van der Waals surface area contributed by atoms with Crippen molar-refractivity contribution in [2.75, 3.05) is 13.7 Å². The van der Waals surface area contributed by atoms with Crippen LogP contribution in [0, 0.1) is 12.7 Å². The minimum absolute atomic E-state index is 0.131. The third kappa shape index (κ3) is 6.27. The number of hydrogen-bond acceptors (Lipinski definition) is 5. The Balaban J connectivity index is 1.62. The van der Waals surface area contributed by atoms with Crippen LogP contribution in [0.5, 0.6) is 5.75 Å². The SMILES string of the molecule is COc1cc(C=CC(=O)NNC(=O)C(CCO)c2ccc(F)cc2)ccc1-n1cnc(C)c1. The van der Waals surface area contributed by atoms with Crippen molar-refractivity contribution >= 4 is 17.9 Å². The van der Waals surface area contributed by atoms with Gasteiger partial charge >= 0.3 is 0 Å². The molecule has 0 aliphatic carbocycles. The molecule has 0 aliphatic rings. The lowest BCUT2D eigenvalue weighted by Crippen LogP contribution is -2.43. The lowest BCUT2D eigenvalue weighted by Gasteiger charge is -2.16. The van der Waals surface area contributed by atoms with E-state index in [0.29, 0.717) is 11.3 Å². The van der Waals surface area contributed by atoms with E-state index in [2.05, 4.69) is 15.8 Å². The van der Waals surface area contributed by atoms with Crippen molar-refractivity contribution in [3.63, 3.8) is 0 Å². The number of methoxy groups -OCH3 is 1. The number of hydrazine groups is 1. The highest BCUT2D eigenvalue weighted by atomic mass is 19.1. The van der Waals surface area contributed by atoms with Gasteiger partial charge in [0.05, 0.1) is 30.7 Å². The van der Waals surface area contributed by atoms with E-state index < -0.39 is 23.5 Å². The summed E-state index contributed by atoms with van der Waals surface area (Å²) in [5, 5.41) is 9.26. The summed E-state index contributed by atoms with van der Waals surface area (Å²) in [6.07, 6.45) is 6.55. The van der Waals surface area contributed by atoms with Crippen LogP contribution in [0.1, 0.15) is 29.2 Å². The number of carbonyl (C=O) groups excluding carboxylic acids is 2. The third-order valence-electron chi connectivity index (χ3n) is 4.94. The van der Waals surface area contributed by atoms with Crippen LogP contribution in [0.4, 0.5) is 4.39 Å². The van der Waals surface area contributed by atoms with Gasteiger partial charge in [0.15, 0.2) is 0 Å². The van der Waals surface area contributed by atoms with Crippen molar-refractivity contribution in [3.05, 3.63) is 83.7 Å². The molecule has 0 saturated carbocycles. The van der Waals surface area contributed by atoms with Gasteiger partial charge in [-0.15, -0.1) is 0 Å². The molecular weight excluding hydrogens is 427 g/mol. The van der Waals surface area contributed by atoms with E-state index in [9.17, 15) is 19.1 Å². The molecule has 1 unspecified atom stereocenters. The molecule has 0 spiro atoms. The number of benzene rings is 2. The summed E-state index contributed by atoms with van der Waals surface area (Å²) >= 11 is 0. The minimum atomic E-state index is -0.733. The fourth-order valence-electron chi connectivity index (χ4n) is 3.26. The summed E-state index contributed by atoms with van der Waals surface area (Å²) in [4.78, 5) is 28.9. The van der Waals surface area contributed by atoms with E-state index >= 15 is 0 Å². The number of aryl methyl sites for hydroxylation is 1. The van der Waals surface area contributed by atoms with Crippen molar-refractivity contribution in [1.29, 1.82) is 0 Å². The first-order chi connectivity index (χ1) is 15.9. The van der Waals surface area contributed by atoms with Crippen molar-refractivity contribution in [3.8, 4) is 11.4 Å². The third-order valence-corrected chi connectivity index (χ3v) is 4.94. The number of aliphatic hydroxyl groups excluding tert-OH is 1. The van der Waals surface area contributed by atoms with Gasteiger partial charge in [-0.25, -0.2) is 9.37 Å². The van der Waals surface area contributed by atoms with E-state index in [1.54, 1.807) is 25.6 Å². The van der Waals surface area contributed by atoms with Gasteiger partial charge in [0.25, 0.3) is 5.91 Å². The molecule has 1 atom stereocenters. The molecule has 3 N–H and O–H groups in total. The molecule has 0 bridgehead atoms. The molecule has 9 heteroatoms. The highest BCUT2D eigenvalue weighted by Gasteiger charge is 2.20. The predicted molar refractivity (Wildman–Crippen MR) is 121 cm³/mol. The van der Waals surface area contributed by atoms with Crippen LogP contribution in [0.25, 0.3) is 11.8 Å². The molecule has 0 saturated heterocycles. The molecule has 172 valence electrons. The van der Waals surface area contributed by atoms with Crippen LogP contribution in [-0.4, -0.2) is 40.2 Å². The normalized spacial score (nSPS) is 11.9. The number of aliphatic hydroxyl groups is 1. The number of nitrogens with one attached hydrogen (secondary N) is 2. The van der Waals surface area contributed by atoms with Crippen molar-refractivity contribution in [2.24, 2.45) is 0 Å². The summed E-state index contributed by atoms with van der Waals surface area (Å²) in [5.41, 5.74) is 7.60. The van der Waals surface area contributed by atoms with Crippen molar-refractivity contribution in [1.82, 2.24) is 20.4 Å². The van der Waals surface area contributed by atoms with Crippen LogP contribution in [0.2, 0.25) is 0 Å². The maximum atomic E-state index is 13.1. The topological polar surface area (TPSA) is 105 Å². The minimum Gasteiger partial charge on any atom is -0.495 e. The number of carbonyl (C=O) groups is 2. The van der Waals surface area contributed by atoms with Gasteiger partial charge in [0.1, 0.15) is 11.6 Å². The Labute approximate surface area is 190 Å². The van der Waals surface area contributed by atoms with E-state index in [1.165, 1.54) is 30.3 Å². The number of amides is 2. The largest absolute Gasteiger partial charge is 0.495 e. The fourth-order valence-corrected chi connectivity index (χ4v) is 3.26. The van der Waals surface area contributed by atoms with E-state index in [1.807, 2.05) is 29.8 Å². The zero-order chi connectivity index (χ0) is 23.8. The molecule has 0 aliphatic heterocycles. The Morgan fingerprint density at radius 2 is 1.97 bits per heavy atom. The smallest absolute Gasteiger partial charge is 0.262 e. The van der Waals surface area contributed by atoms with E-state index in [-0.39, 0.29) is 13.0 Å². The number of hydrogen-bond donors (Lipinski definition) is 3. The van der Waals surface area contributed by atoms with Gasteiger partial charge in [-0.1, -0.05) is 18.2 Å². The van der Waals surface area contributed by atoms with Crippen LogP contribution in [0.15, 0.2) is 61.1 Å². The first kappa shape index (κ1) is 23.7. The Morgan fingerprint density at radius 3 is 2.61 bits per heavy atom. The maximum absolute atomic E-state index is 13.1. The van der Waals surface area contributed by atoms with Gasteiger partial charge in [0.2, 0.25) is 5.91 Å². The molecule has 8 nitrogen and oxygen atoms in total. The lowest BCUT2D eigenvalue weighted by atomic mass is 9.95. The van der Waals surface area contributed by atoms with Gasteiger partial charge in [-0.05, 0) is 54.8 Å². The molecule has 2 aromatic carbocycles. The van der Waals surface area contributed by atoms with E-state index in [0.717, 1.165) is 16.9 Å². The van der Waals surface area contributed by atoms with Crippen molar-refractivity contribution in [2.45, 2.75) is 19.3 Å². The molecule has 2 amide bonds. The quantitative estimate of drug-likeness (QED) is 0.360. The molecule has 0 radical (unpaired) electrons. The van der Waals surface area contributed by atoms with Crippen molar-refractivity contribution < 1.29 is 23.8 Å². The number of nitrogens with zero attached hydrogens (tertiary/aromatic N) is 2. The molecule has 3 aromatic rings. The van der Waals surface area contributed by atoms with Crippen LogP contribution in [0.3, 0.4) is 0 Å². The monoisotopic (exact) mass is 452 g/mol. The molecular formula is C24H25FN4O4. The Kier molecular flexibility index (Phi) is 7.93. The summed E-state index contributed by atoms with van der Waals surface area (Å²) < 4.78 is 20.4. The second-order valence-electron chi connectivity index (χ2n) is 7.28. The average molecular weight is 452 g/mol. The Bertz CT molecular complexity index is 1140. The average Bonchev–Trinajstić information content (AvgIpc) is 3.26. The second kappa shape index (κ2) is 11.1. The zero-order valence-corrected chi connectivity index (χ0v) is 18.3. The number of ether oxygens (including phenoxy) is 1. The fraction of sp³-hybridized carbons (Fsp3) is 0.208. The first-order valence-electron chi connectivity index (χ1n) is 10.2. The zero-order valence-electron chi connectivity index (χ0n) is 18.3. The number of rotatable bonds is 8. The van der Waals surface area contributed by atoms with Gasteiger partial charge in [-0.2, -0.15) is 0 Å². The van der Waals surface area contributed by atoms with Crippen LogP contribution < -0.4 is 15.6 Å². The van der Waals surface area contributed by atoms with Gasteiger partial charge in [0, 0.05) is 18.9 Å². The number of halogens is 1. The standard InChI is InChI=1S/C24H25FN4O4/c1-16-14-29(15-26-16)21-9-3-17(13-22(21)33-2)4-10-23(31)27-28-24(32)20(11-12-30)18-5-7-19(25)8-6-18/h3-10,13-15,20,30H,11-12H2,1-2H3,(H,27,31)(H,28,32). The highest BCUT2D eigenvalue weighted by molar-refractivity contribution is 5.94. The van der Waals surface area contributed by atoms with Gasteiger partial charge < -0.3 is 14.4 Å². The molecule has 0 fully saturated rings. The second-order valence-corrected chi connectivity index (χ2v) is 7.28. The number of imidazole rings is 1. The summed E-state index contributed by atoms with van der Waals surface area (Å²) in [7, 11) is 1.56. The maximum Gasteiger partial charge on any atom is 0.262 e. The summed E-state index contributed by atoms with van der Waals surface area (Å²) in [5.74, 6) is -1.61. The molecule has 33 heavy (non-hydrogen) atoms. The van der Waals surface area contributed by atoms with E-state index in [4.69, 9.17) is 4.74 Å². The van der Waals surface area contributed by atoms with Gasteiger partial charge in [-0.3, -0.25) is 20.4 Å². The van der Waals surface area contributed by atoms with Crippen LogP contribution in [-0.2, 0) is 9.59 Å². The summed E-state index contributed by atoms with van der Waals surface area (Å²) in [6.45, 7) is 1.66. The molecule has 1 heterocycles. The Hall–Kier alpha value is -3.98. The van der Waals surface area contributed by atoms with Crippen LogP contribution >= 0.6 is 0 Å². The first-order valence-corrected chi connectivity index (χ1v) is 10.2.